The number of para-hydroxylation sites is 2. The summed E-state index contributed by atoms with van der Waals surface area (Å²) >= 11 is 0. The van der Waals surface area contributed by atoms with Crippen LogP contribution in [0.2, 0.25) is 19.6 Å². The van der Waals surface area contributed by atoms with Gasteiger partial charge in [-0.05, 0) is 42.0 Å². The molecule has 3 aromatic carbocycles. The van der Waals surface area contributed by atoms with Crippen LogP contribution in [0.1, 0.15) is 11.6 Å². The molecule has 1 heterocycles. The molecule has 0 aliphatic heterocycles. The Balaban J connectivity index is 1.60. The van der Waals surface area contributed by atoms with Crippen molar-refractivity contribution < 1.29 is 14.3 Å². The predicted molar refractivity (Wildman–Crippen MR) is 137 cm³/mol. The van der Waals surface area contributed by atoms with E-state index < -0.39 is 20.1 Å². The quantitative estimate of drug-likeness (QED) is 0.404. The predicted octanol–water partition coefficient (Wildman–Crippen LogP) is 4.53. The SMILES string of the molecule is COc1ccc(C(NC(=O)n2cnc3ccccc32)C(=O)Nc2ccc([Si](C)(C)C)cc2)cc1. The number of rotatable bonds is 6. The molecular formula is C26H28N4O3Si. The fourth-order valence-corrected chi connectivity index (χ4v) is 4.85. The molecular weight excluding hydrogens is 444 g/mol. The van der Waals surface area contributed by atoms with Gasteiger partial charge in [0, 0.05) is 5.69 Å². The third-order valence-electron chi connectivity index (χ3n) is 5.67. The maximum atomic E-state index is 13.3. The van der Waals surface area contributed by atoms with Crippen LogP contribution in [0.25, 0.3) is 11.0 Å². The maximum Gasteiger partial charge on any atom is 0.328 e. The Kier molecular flexibility index (Phi) is 6.51. The third-order valence-corrected chi connectivity index (χ3v) is 7.74. The second-order valence-electron chi connectivity index (χ2n) is 9.08. The minimum atomic E-state index is -1.45. The van der Waals surface area contributed by atoms with Crippen LogP contribution in [0.4, 0.5) is 10.5 Å². The van der Waals surface area contributed by atoms with Crippen molar-refractivity contribution in [3.05, 3.63) is 84.7 Å². The number of hydrogen-bond donors (Lipinski definition) is 2. The van der Waals surface area contributed by atoms with Crippen molar-refractivity contribution >= 4 is 41.9 Å². The molecule has 4 rings (SSSR count). The van der Waals surface area contributed by atoms with E-state index in [0.717, 1.165) is 0 Å². The van der Waals surface area contributed by atoms with Crippen LogP contribution in [0.15, 0.2) is 79.1 Å². The molecule has 0 saturated carbocycles. The van der Waals surface area contributed by atoms with E-state index >= 15 is 0 Å². The van der Waals surface area contributed by atoms with Gasteiger partial charge in [0.15, 0.2) is 0 Å². The molecule has 2 amide bonds. The number of benzene rings is 3. The van der Waals surface area contributed by atoms with Gasteiger partial charge in [0.25, 0.3) is 5.91 Å². The molecule has 1 aromatic heterocycles. The summed E-state index contributed by atoms with van der Waals surface area (Å²) in [5.41, 5.74) is 2.67. The van der Waals surface area contributed by atoms with E-state index in [-0.39, 0.29) is 5.91 Å². The standard InChI is InChI=1S/C26H28N4O3Si/c1-33-20-13-9-18(10-14-20)24(25(31)28-19-11-15-21(16-12-19)34(2,3)4)29-26(32)30-17-27-22-7-5-6-8-23(22)30/h5-17,24H,1-4H3,(H,28,31)(H,29,32). The van der Waals surface area contributed by atoms with Gasteiger partial charge in [0.1, 0.15) is 18.1 Å². The van der Waals surface area contributed by atoms with Gasteiger partial charge in [-0.25, -0.2) is 9.78 Å². The highest BCUT2D eigenvalue weighted by atomic mass is 28.3. The summed E-state index contributed by atoms with van der Waals surface area (Å²) in [5.74, 6) is 0.320. The molecule has 2 N–H and O–H groups in total. The van der Waals surface area contributed by atoms with Crippen molar-refractivity contribution in [2.45, 2.75) is 25.7 Å². The summed E-state index contributed by atoms with van der Waals surface area (Å²) in [6.45, 7) is 6.82. The van der Waals surface area contributed by atoms with Crippen molar-refractivity contribution in [1.82, 2.24) is 14.9 Å². The summed E-state index contributed by atoms with van der Waals surface area (Å²) in [5, 5.41) is 7.10. The van der Waals surface area contributed by atoms with E-state index in [0.29, 0.717) is 28.0 Å². The molecule has 0 aliphatic rings. The number of aromatic nitrogens is 2. The smallest absolute Gasteiger partial charge is 0.328 e. The van der Waals surface area contributed by atoms with Gasteiger partial charge in [-0.1, -0.05) is 61.2 Å². The van der Waals surface area contributed by atoms with Gasteiger partial charge in [0.2, 0.25) is 0 Å². The lowest BCUT2D eigenvalue weighted by Crippen LogP contribution is -2.39. The molecule has 0 spiro atoms. The highest BCUT2D eigenvalue weighted by molar-refractivity contribution is 6.88. The first-order valence-corrected chi connectivity index (χ1v) is 14.5. The lowest BCUT2D eigenvalue weighted by Gasteiger charge is -2.20. The monoisotopic (exact) mass is 472 g/mol. The average Bonchev–Trinajstić information content (AvgIpc) is 3.26. The number of imidazole rings is 1. The minimum absolute atomic E-state index is 0.344. The molecule has 0 radical (unpaired) electrons. The number of carbonyl (C=O) groups excluding carboxylic acids is 2. The van der Waals surface area contributed by atoms with Crippen LogP contribution >= 0.6 is 0 Å². The fourth-order valence-electron chi connectivity index (χ4n) is 3.68. The van der Waals surface area contributed by atoms with Crippen LogP contribution in [0, 0.1) is 0 Å². The molecule has 4 aromatic rings. The van der Waals surface area contributed by atoms with E-state index in [1.54, 1.807) is 31.4 Å². The molecule has 174 valence electrons. The molecule has 0 bridgehead atoms. The number of carbonyl (C=O) groups is 2. The normalized spacial score (nSPS) is 12.2. The summed E-state index contributed by atoms with van der Waals surface area (Å²) in [6.07, 6.45) is 1.46. The van der Waals surface area contributed by atoms with Crippen molar-refractivity contribution in [1.29, 1.82) is 0 Å². The van der Waals surface area contributed by atoms with Crippen molar-refractivity contribution in [2.24, 2.45) is 0 Å². The molecule has 1 atom stereocenters. The Morgan fingerprint density at radius 1 is 0.941 bits per heavy atom. The zero-order valence-electron chi connectivity index (χ0n) is 19.7. The van der Waals surface area contributed by atoms with E-state index in [2.05, 4.69) is 47.4 Å². The highest BCUT2D eigenvalue weighted by Gasteiger charge is 2.25. The van der Waals surface area contributed by atoms with Crippen molar-refractivity contribution in [3.63, 3.8) is 0 Å². The minimum Gasteiger partial charge on any atom is -0.497 e. The number of methoxy groups -OCH3 is 1. The van der Waals surface area contributed by atoms with Gasteiger partial charge in [-0.15, -0.1) is 0 Å². The largest absolute Gasteiger partial charge is 0.497 e. The van der Waals surface area contributed by atoms with Crippen molar-refractivity contribution in [2.75, 3.05) is 12.4 Å². The number of fused-ring (bicyclic) bond motifs is 1. The van der Waals surface area contributed by atoms with Crippen LogP contribution in [-0.4, -0.2) is 36.7 Å². The Bertz CT molecular complexity index is 1310. The van der Waals surface area contributed by atoms with E-state index in [1.165, 1.54) is 16.1 Å². The second-order valence-corrected chi connectivity index (χ2v) is 14.2. The highest BCUT2D eigenvalue weighted by Crippen LogP contribution is 2.21. The first-order chi connectivity index (χ1) is 16.3. The Morgan fingerprint density at radius 3 is 2.26 bits per heavy atom. The molecule has 8 heteroatoms. The van der Waals surface area contributed by atoms with Crippen LogP contribution in [0.3, 0.4) is 0 Å². The van der Waals surface area contributed by atoms with E-state index in [9.17, 15) is 9.59 Å². The third kappa shape index (κ3) is 5.02. The Labute approximate surface area is 199 Å². The molecule has 1 unspecified atom stereocenters. The Morgan fingerprint density at radius 2 is 1.62 bits per heavy atom. The lowest BCUT2D eigenvalue weighted by molar-refractivity contribution is -0.118. The molecule has 34 heavy (non-hydrogen) atoms. The summed E-state index contributed by atoms with van der Waals surface area (Å²) in [4.78, 5) is 30.8. The number of nitrogens with one attached hydrogen (secondary N) is 2. The van der Waals surface area contributed by atoms with E-state index in [1.807, 2.05) is 36.4 Å². The van der Waals surface area contributed by atoms with Gasteiger partial charge in [0.05, 0.1) is 26.2 Å². The number of nitrogens with zero attached hydrogens (tertiary/aromatic N) is 2. The van der Waals surface area contributed by atoms with Crippen LogP contribution in [0.5, 0.6) is 5.75 Å². The maximum absolute atomic E-state index is 13.3. The van der Waals surface area contributed by atoms with Crippen molar-refractivity contribution in [3.8, 4) is 5.75 Å². The molecule has 0 fully saturated rings. The fraction of sp³-hybridized carbons (Fsp3) is 0.192. The zero-order valence-corrected chi connectivity index (χ0v) is 20.7. The lowest BCUT2D eigenvalue weighted by atomic mass is 10.1. The van der Waals surface area contributed by atoms with Gasteiger partial charge < -0.3 is 15.4 Å². The second kappa shape index (κ2) is 9.52. The molecule has 0 saturated heterocycles. The first-order valence-electron chi connectivity index (χ1n) is 11.0. The van der Waals surface area contributed by atoms with Crippen LogP contribution < -0.4 is 20.6 Å². The van der Waals surface area contributed by atoms with E-state index in [4.69, 9.17) is 4.74 Å². The van der Waals surface area contributed by atoms with Gasteiger partial charge in [-0.3, -0.25) is 9.36 Å². The number of amides is 2. The molecule has 7 nitrogen and oxygen atoms in total. The summed E-state index contributed by atoms with van der Waals surface area (Å²) < 4.78 is 6.64. The number of hydrogen-bond acceptors (Lipinski definition) is 4. The zero-order chi connectivity index (χ0) is 24.3. The summed E-state index contributed by atoms with van der Waals surface area (Å²) in [6, 6.07) is 21.0. The number of anilines is 1. The van der Waals surface area contributed by atoms with Crippen LogP contribution in [-0.2, 0) is 4.79 Å². The average molecular weight is 473 g/mol. The molecule has 0 aliphatic carbocycles. The topological polar surface area (TPSA) is 85.2 Å². The summed E-state index contributed by atoms with van der Waals surface area (Å²) in [7, 11) is 0.133. The van der Waals surface area contributed by atoms with Gasteiger partial charge in [-0.2, -0.15) is 0 Å². The number of ether oxygens (including phenoxy) is 1. The first kappa shape index (κ1) is 23.3. The Hall–Kier alpha value is -3.91. The van der Waals surface area contributed by atoms with Gasteiger partial charge >= 0.3 is 6.03 Å².